The first kappa shape index (κ1) is 13.1. The molecular weight excluding hydrogens is 228 g/mol. The summed E-state index contributed by atoms with van der Waals surface area (Å²) in [4.78, 5) is 21.1. The maximum absolute atomic E-state index is 11.4. The summed E-state index contributed by atoms with van der Waals surface area (Å²) in [5.41, 5.74) is 0. The van der Waals surface area contributed by atoms with Crippen molar-refractivity contribution in [2.75, 3.05) is 6.54 Å². The van der Waals surface area contributed by atoms with Crippen molar-refractivity contribution in [3.8, 4) is 0 Å². The van der Waals surface area contributed by atoms with Crippen molar-refractivity contribution in [2.24, 2.45) is 0 Å². The fraction of sp³-hybridized carbons (Fsp3) is 0.556. The number of hydrogen-bond donors (Lipinski definition) is 2. The Labute approximate surface area is 97.4 Å². The molecule has 0 saturated carbocycles. The maximum Gasteiger partial charge on any atom is 0.389 e. The van der Waals surface area contributed by atoms with Crippen LogP contribution in [0.25, 0.3) is 0 Å². The summed E-state index contributed by atoms with van der Waals surface area (Å²) in [6.07, 6.45) is 1.33. The molecule has 0 aromatic carbocycles. The van der Waals surface area contributed by atoms with E-state index in [1.165, 1.54) is 16.9 Å². The fourth-order valence-electron chi connectivity index (χ4n) is 1.12. The molecule has 1 atom stereocenters. The number of carbonyl (C=O) groups excluding carboxylic acids is 1. The lowest BCUT2D eigenvalue weighted by Crippen LogP contribution is -2.34. The average molecular weight is 242 g/mol. The number of nitro groups is 1. The van der Waals surface area contributed by atoms with Crippen LogP contribution in [0.15, 0.2) is 12.3 Å². The Balaban J connectivity index is 2.42. The lowest BCUT2D eigenvalue weighted by molar-refractivity contribution is -0.389. The van der Waals surface area contributed by atoms with Crippen molar-refractivity contribution in [1.82, 2.24) is 15.1 Å². The molecule has 1 rings (SSSR count). The van der Waals surface area contributed by atoms with Crippen molar-refractivity contribution in [2.45, 2.75) is 26.0 Å². The van der Waals surface area contributed by atoms with Gasteiger partial charge in [-0.05, 0) is 11.3 Å². The van der Waals surface area contributed by atoms with Crippen molar-refractivity contribution >= 4 is 11.7 Å². The Morgan fingerprint density at radius 1 is 1.76 bits per heavy atom. The quantitative estimate of drug-likeness (QED) is 0.524. The first-order valence-corrected chi connectivity index (χ1v) is 5.15. The minimum atomic E-state index is -0.630. The molecule has 2 N–H and O–H groups in total. The van der Waals surface area contributed by atoms with Gasteiger partial charge in [0.2, 0.25) is 5.91 Å². The molecule has 0 spiro atoms. The van der Waals surface area contributed by atoms with Crippen molar-refractivity contribution in [3.63, 3.8) is 0 Å². The van der Waals surface area contributed by atoms with E-state index >= 15 is 0 Å². The second-order valence-electron chi connectivity index (χ2n) is 3.49. The van der Waals surface area contributed by atoms with Crippen LogP contribution in [0.2, 0.25) is 0 Å². The van der Waals surface area contributed by atoms with Gasteiger partial charge < -0.3 is 20.5 Å². The Morgan fingerprint density at radius 2 is 2.47 bits per heavy atom. The Hall–Kier alpha value is -1.96. The average Bonchev–Trinajstić information content (AvgIpc) is 2.74. The van der Waals surface area contributed by atoms with Crippen LogP contribution in [0.4, 0.5) is 5.82 Å². The monoisotopic (exact) mass is 242 g/mol. The predicted molar refractivity (Wildman–Crippen MR) is 58.2 cm³/mol. The van der Waals surface area contributed by atoms with E-state index in [1.54, 1.807) is 6.92 Å². The van der Waals surface area contributed by atoms with Crippen molar-refractivity contribution < 1.29 is 14.8 Å². The summed E-state index contributed by atoms with van der Waals surface area (Å²) in [6.45, 7) is 1.86. The van der Waals surface area contributed by atoms with E-state index in [-0.39, 0.29) is 24.8 Å². The number of aliphatic hydroxyl groups is 1. The lowest BCUT2D eigenvalue weighted by Gasteiger charge is -2.08. The number of amides is 1. The van der Waals surface area contributed by atoms with Crippen LogP contribution in [0.3, 0.4) is 0 Å². The maximum atomic E-state index is 11.4. The number of aliphatic hydroxyl groups excluding tert-OH is 1. The van der Waals surface area contributed by atoms with Gasteiger partial charge in [0.15, 0.2) is 0 Å². The summed E-state index contributed by atoms with van der Waals surface area (Å²) < 4.78 is 1.17. The van der Waals surface area contributed by atoms with Gasteiger partial charge in [-0.2, -0.15) is 4.68 Å². The van der Waals surface area contributed by atoms with E-state index in [0.717, 1.165) is 0 Å². The normalized spacial score (nSPS) is 12.1. The number of hydrogen-bond acceptors (Lipinski definition) is 5. The predicted octanol–water partition coefficient (Wildman–Crippen LogP) is -0.322. The Bertz CT molecular complexity index is 403. The van der Waals surface area contributed by atoms with Gasteiger partial charge in [0.05, 0.1) is 23.5 Å². The van der Waals surface area contributed by atoms with Gasteiger partial charge in [-0.3, -0.25) is 4.79 Å². The lowest BCUT2D eigenvalue weighted by atomic mass is 10.3. The molecule has 0 aliphatic heterocycles. The molecule has 1 unspecified atom stereocenters. The van der Waals surface area contributed by atoms with Gasteiger partial charge in [0, 0.05) is 6.54 Å². The topological polar surface area (TPSA) is 110 Å². The molecule has 17 heavy (non-hydrogen) atoms. The van der Waals surface area contributed by atoms with Crippen LogP contribution in [0, 0.1) is 10.1 Å². The minimum absolute atomic E-state index is 0.107. The zero-order chi connectivity index (χ0) is 12.8. The molecule has 1 heterocycles. The highest BCUT2D eigenvalue weighted by Gasteiger charge is 2.13. The molecule has 8 nitrogen and oxygen atoms in total. The van der Waals surface area contributed by atoms with Crippen LogP contribution in [0.1, 0.15) is 13.3 Å². The van der Waals surface area contributed by atoms with E-state index in [1.807, 2.05) is 0 Å². The highest BCUT2D eigenvalue weighted by Crippen LogP contribution is 2.04. The van der Waals surface area contributed by atoms with Crippen LogP contribution in [-0.4, -0.2) is 38.4 Å². The van der Waals surface area contributed by atoms with Crippen LogP contribution in [0.5, 0.6) is 0 Å². The second kappa shape index (κ2) is 5.94. The van der Waals surface area contributed by atoms with E-state index in [4.69, 9.17) is 0 Å². The smallest absolute Gasteiger partial charge is 0.389 e. The molecule has 1 aromatic heterocycles. The van der Waals surface area contributed by atoms with Gasteiger partial charge in [0.25, 0.3) is 0 Å². The third-order valence-electron chi connectivity index (χ3n) is 2.13. The van der Waals surface area contributed by atoms with Crippen LogP contribution in [-0.2, 0) is 11.3 Å². The third kappa shape index (κ3) is 4.19. The van der Waals surface area contributed by atoms with E-state index in [2.05, 4.69) is 10.4 Å². The van der Waals surface area contributed by atoms with E-state index in [0.29, 0.717) is 6.42 Å². The Morgan fingerprint density at radius 3 is 3.00 bits per heavy atom. The van der Waals surface area contributed by atoms with Gasteiger partial charge in [-0.15, -0.1) is 0 Å². The molecule has 8 heteroatoms. The summed E-state index contributed by atoms with van der Waals surface area (Å²) in [6, 6.07) is 1.22. The molecule has 0 aliphatic carbocycles. The first-order valence-electron chi connectivity index (χ1n) is 5.15. The highest BCUT2D eigenvalue weighted by atomic mass is 16.6. The summed E-state index contributed by atoms with van der Waals surface area (Å²) >= 11 is 0. The number of nitrogens with one attached hydrogen (secondary N) is 1. The molecule has 0 bridgehead atoms. The van der Waals surface area contributed by atoms with Gasteiger partial charge in [-0.25, -0.2) is 0 Å². The van der Waals surface area contributed by atoms with E-state index < -0.39 is 11.0 Å². The van der Waals surface area contributed by atoms with Gasteiger partial charge >= 0.3 is 5.82 Å². The van der Waals surface area contributed by atoms with Crippen LogP contribution < -0.4 is 5.32 Å². The number of nitrogens with zero attached hydrogens (tertiary/aromatic N) is 3. The molecule has 1 aromatic rings. The molecule has 94 valence electrons. The zero-order valence-corrected chi connectivity index (χ0v) is 9.37. The van der Waals surface area contributed by atoms with Crippen LogP contribution >= 0.6 is 0 Å². The molecule has 0 radical (unpaired) electrons. The summed E-state index contributed by atoms with van der Waals surface area (Å²) in [5, 5.41) is 25.7. The molecule has 1 amide bonds. The summed E-state index contributed by atoms with van der Waals surface area (Å²) in [5.74, 6) is -0.651. The molecule has 0 saturated heterocycles. The van der Waals surface area contributed by atoms with Crippen molar-refractivity contribution in [1.29, 1.82) is 0 Å². The molecular formula is C9H14N4O4. The largest absolute Gasteiger partial charge is 0.391 e. The summed E-state index contributed by atoms with van der Waals surface area (Å²) in [7, 11) is 0. The highest BCUT2D eigenvalue weighted by molar-refractivity contribution is 5.75. The second-order valence-corrected chi connectivity index (χ2v) is 3.49. The number of aromatic nitrogens is 2. The van der Waals surface area contributed by atoms with Crippen molar-refractivity contribution in [3.05, 3.63) is 22.4 Å². The number of rotatable bonds is 6. The SMILES string of the molecule is CCC(O)CNC(=O)Cn1ccc([N+](=O)[O-])n1. The minimum Gasteiger partial charge on any atom is -0.391 e. The molecule has 0 aliphatic rings. The van der Waals surface area contributed by atoms with E-state index in [9.17, 15) is 20.0 Å². The van der Waals surface area contributed by atoms with Gasteiger partial charge in [-0.1, -0.05) is 6.92 Å². The van der Waals surface area contributed by atoms with Gasteiger partial charge in [0.1, 0.15) is 6.54 Å². The first-order chi connectivity index (χ1) is 8.02. The zero-order valence-electron chi connectivity index (χ0n) is 9.37. The standard InChI is InChI=1S/C9H14N4O4/c1-2-7(14)5-10-9(15)6-12-4-3-8(11-12)13(16)17/h3-4,7,14H,2,5-6H2,1H3,(H,10,15). The fourth-order valence-corrected chi connectivity index (χ4v) is 1.12. The Kier molecular flexibility index (Phi) is 4.58. The number of carbonyl (C=O) groups is 1. The molecule has 0 fully saturated rings. The third-order valence-corrected chi connectivity index (χ3v) is 2.13.